The van der Waals surface area contributed by atoms with Crippen molar-refractivity contribution >= 4 is 0 Å². The molecule has 0 heterocycles. The molecule has 1 aromatic carbocycles. The molecule has 0 aliphatic carbocycles. The summed E-state index contributed by atoms with van der Waals surface area (Å²) in [6.07, 6.45) is 14.4. The van der Waals surface area contributed by atoms with Crippen LogP contribution in [0.4, 0.5) is 0 Å². The molecule has 2 nitrogen and oxygen atoms in total. The summed E-state index contributed by atoms with van der Waals surface area (Å²) in [6.45, 7) is 2.26. The lowest BCUT2D eigenvalue weighted by Gasteiger charge is -2.22. The van der Waals surface area contributed by atoms with Gasteiger partial charge in [-0.05, 0) is 6.42 Å². The summed E-state index contributed by atoms with van der Waals surface area (Å²) in [5.74, 6) is -1.67. The van der Waals surface area contributed by atoms with E-state index in [9.17, 15) is 10.2 Å². The summed E-state index contributed by atoms with van der Waals surface area (Å²) in [6, 6.07) is 9.13. The Balaban J connectivity index is 1.97. The van der Waals surface area contributed by atoms with Crippen LogP contribution in [0, 0.1) is 0 Å². The fourth-order valence-corrected chi connectivity index (χ4v) is 2.89. The Morgan fingerprint density at radius 3 is 1.64 bits per heavy atom. The van der Waals surface area contributed by atoms with Crippen molar-refractivity contribution in [3.05, 3.63) is 35.9 Å². The third-order valence-corrected chi connectivity index (χ3v) is 4.37. The molecule has 22 heavy (non-hydrogen) atoms. The third kappa shape index (κ3) is 8.55. The second-order valence-corrected chi connectivity index (χ2v) is 6.47. The maximum atomic E-state index is 10.1. The number of hydrogen-bond acceptors (Lipinski definition) is 2. The third-order valence-electron chi connectivity index (χ3n) is 4.37. The Labute approximate surface area is 136 Å². The molecule has 0 aliphatic heterocycles. The largest absolute Gasteiger partial charge is 0.362 e. The number of unbranched alkanes of at least 4 members (excludes halogenated alkanes) is 10. The van der Waals surface area contributed by atoms with E-state index < -0.39 is 5.79 Å². The van der Waals surface area contributed by atoms with E-state index in [2.05, 4.69) is 6.92 Å². The van der Waals surface area contributed by atoms with Crippen LogP contribution in [0.3, 0.4) is 0 Å². The monoisotopic (exact) mass is 306 g/mol. The molecule has 0 spiro atoms. The van der Waals surface area contributed by atoms with Crippen molar-refractivity contribution in [3.63, 3.8) is 0 Å². The van der Waals surface area contributed by atoms with Gasteiger partial charge in [-0.2, -0.15) is 0 Å². The van der Waals surface area contributed by atoms with Crippen molar-refractivity contribution in [3.8, 4) is 0 Å². The first-order valence-electron chi connectivity index (χ1n) is 9.17. The highest BCUT2D eigenvalue weighted by Gasteiger charge is 2.24. The minimum Gasteiger partial charge on any atom is -0.362 e. The Morgan fingerprint density at radius 1 is 0.682 bits per heavy atom. The minimum absolute atomic E-state index is 0.425. The maximum absolute atomic E-state index is 10.1. The van der Waals surface area contributed by atoms with Crippen molar-refractivity contribution < 1.29 is 10.2 Å². The predicted octanol–water partition coefficient (Wildman–Crippen LogP) is 5.53. The van der Waals surface area contributed by atoms with Crippen molar-refractivity contribution in [2.24, 2.45) is 0 Å². The fraction of sp³-hybridized carbons (Fsp3) is 0.700. The van der Waals surface area contributed by atoms with E-state index in [1.165, 1.54) is 57.8 Å². The van der Waals surface area contributed by atoms with Gasteiger partial charge < -0.3 is 10.2 Å². The zero-order chi connectivity index (χ0) is 16.1. The first-order chi connectivity index (χ1) is 10.7. The van der Waals surface area contributed by atoms with Crippen molar-refractivity contribution in [1.29, 1.82) is 0 Å². The lowest BCUT2D eigenvalue weighted by Crippen LogP contribution is -2.24. The minimum atomic E-state index is -1.67. The summed E-state index contributed by atoms with van der Waals surface area (Å²) < 4.78 is 0. The van der Waals surface area contributed by atoms with Gasteiger partial charge in [0.2, 0.25) is 0 Å². The quantitative estimate of drug-likeness (QED) is 0.372. The molecule has 0 fully saturated rings. The lowest BCUT2D eigenvalue weighted by molar-refractivity contribution is -0.175. The van der Waals surface area contributed by atoms with Gasteiger partial charge in [-0.1, -0.05) is 101 Å². The summed E-state index contributed by atoms with van der Waals surface area (Å²) in [5, 5.41) is 20.2. The summed E-state index contributed by atoms with van der Waals surface area (Å²) >= 11 is 0. The topological polar surface area (TPSA) is 40.5 Å². The Hall–Kier alpha value is -0.860. The van der Waals surface area contributed by atoms with Gasteiger partial charge in [-0.25, -0.2) is 0 Å². The smallest absolute Gasteiger partial charge is 0.189 e. The van der Waals surface area contributed by atoms with Crippen molar-refractivity contribution in [2.75, 3.05) is 0 Å². The second-order valence-electron chi connectivity index (χ2n) is 6.47. The highest BCUT2D eigenvalue weighted by atomic mass is 16.5. The van der Waals surface area contributed by atoms with Crippen LogP contribution in [0.1, 0.15) is 89.5 Å². The average Bonchev–Trinajstić information content (AvgIpc) is 2.53. The highest BCUT2D eigenvalue weighted by Crippen LogP contribution is 2.24. The zero-order valence-corrected chi connectivity index (χ0v) is 14.3. The molecule has 0 amide bonds. The Morgan fingerprint density at radius 2 is 1.14 bits per heavy atom. The molecule has 1 aromatic rings. The van der Waals surface area contributed by atoms with E-state index in [-0.39, 0.29) is 0 Å². The highest BCUT2D eigenvalue weighted by molar-refractivity contribution is 5.19. The molecule has 0 aliphatic rings. The average molecular weight is 306 g/mol. The van der Waals surface area contributed by atoms with Crippen LogP contribution in [0.25, 0.3) is 0 Å². The standard InChI is InChI=1S/C20H34O2/c1-2-3-4-5-6-7-8-9-10-11-15-18-20(21,22)19-16-13-12-14-17-19/h12-14,16-17,21-22H,2-11,15,18H2,1H3. The van der Waals surface area contributed by atoms with Crippen LogP contribution < -0.4 is 0 Å². The molecule has 0 atom stereocenters. The molecule has 1 rings (SSSR count). The lowest BCUT2D eigenvalue weighted by atomic mass is 9.98. The predicted molar refractivity (Wildman–Crippen MR) is 93.6 cm³/mol. The zero-order valence-electron chi connectivity index (χ0n) is 14.3. The summed E-state index contributed by atoms with van der Waals surface area (Å²) in [5.41, 5.74) is 0.599. The van der Waals surface area contributed by atoms with Gasteiger partial charge in [-0.3, -0.25) is 0 Å². The van der Waals surface area contributed by atoms with Crippen LogP contribution in [0.5, 0.6) is 0 Å². The van der Waals surface area contributed by atoms with E-state index >= 15 is 0 Å². The van der Waals surface area contributed by atoms with Crippen molar-refractivity contribution in [2.45, 2.75) is 89.8 Å². The number of benzene rings is 1. The normalized spacial score (nSPS) is 11.8. The van der Waals surface area contributed by atoms with E-state index in [1.807, 2.05) is 18.2 Å². The molecule has 2 heteroatoms. The number of rotatable bonds is 13. The summed E-state index contributed by atoms with van der Waals surface area (Å²) in [4.78, 5) is 0. The van der Waals surface area contributed by atoms with E-state index in [0.29, 0.717) is 12.0 Å². The van der Waals surface area contributed by atoms with Gasteiger partial charge >= 0.3 is 0 Å². The first kappa shape index (κ1) is 19.2. The van der Waals surface area contributed by atoms with E-state index in [4.69, 9.17) is 0 Å². The number of aliphatic hydroxyl groups is 2. The van der Waals surface area contributed by atoms with Gasteiger partial charge in [-0.15, -0.1) is 0 Å². The van der Waals surface area contributed by atoms with Gasteiger partial charge in [0.1, 0.15) is 0 Å². The van der Waals surface area contributed by atoms with Crippen LogP contribution in [0.15, 0.2) is 30.3 Å². The summed E-state index contributed by atoms with van der Waals surface area (Å²) in [7, 11) is 0. The molecule has 126 valence electrons. The molecular weight excluding hydrogens is 272 g/mol. The Kier molecular flexibility index (Phi) is 10.2. The number of hydrogen-bond donors (Lipinski definition) is 2. The maximum Gasteiger partial charge on any atom is 0.189 e. The van der Waals surface area contributed by atoms with Gasteiger partial charge in [0.15, 0.2) is 5.79 Å². The molecule has 2 N–H and O–H groups in total. The Bertz CT molecular complexity index is 359. The molecule has 0 bridgehead atoms. The first-order valence-corrected chi connectivity index (χ1v) is 9.17. The van der Waals surface area contributed by atoms with Crippen LogP contribution >= 0.6 is 0 Å². The van der Waals surface area contributed by atoms with E-state index in [1.54, 1.807) is 12.1 Å². The fourth-order valence-electron chi connectivity index (χ4n) is 2.89. The molecule has 0 saturated carbocycles. The van der Waals surface area contributed by atoms with Gasteiger partial charge in [0.05, 0.1) is 0 Å². The van der Waals surface area contributed by atoms with E-state index in [0.717, 1.165) is 12.8 Å². The molecular formula is C20H34O2. The van der Waals surface area contributed by atoms with Crippen LogP contribution in [-0.4, -0.2) is 10.2 Å². The molecule has 0 radical (unpaired) electrons. The second kappa shape index (κ2) is 11.7. The SMILES string of the molecule is CCCCCCCCCCCCCC(O)(O)c1ccccc1. The van der Waals surface area contributed by atoms with Crippen LogP contribution in [0.2, 0.25) is 0 Å². The van der Waals surface area contributed by atoms with Crippen molar-refractivity contribution in [1.82, 2.24) is 0 Å². The molecule has 0 saturated heterocycles. The molecule has 0 unspecified atom stereocenters. The molecule has 0 aromatic heterocycles. The van der Waals surface area contributed by atoms with Gasteiger partial charge in [0.25, 0.3) is 0 Å². The van der Waals surface area contributed by atoms with Gasteiger partial charge in [0, 0.05) is 12.0 Å². The van der Waals surface area contributed by atoms with Crippen LogP contribution in [-0.2, 0) is 5.79 Å².